The van der Waals surface area contributed by atoms with Gasteiger partial charge >= 0.3 is 0 Å². The van der Waals surface area contributed by atoms with Crippen LogP contribution in [-0.4, -0.2) is 20.9 Å². The molecule has 0 aliphatic rings. The molecule has 2 N–H and O–H groups in total. The van der Waals surface area contributed by atoms with E-state index in [1.807, 2.05) is 19.1 Å². The van der Waals surface area contributed by atoms with Crippen LogP contribution in [0.1, 0.15) is 12.5 Å². The second kappa shape index (κ2) is 7.59. The maximum Gasteiger partial charge on any atom is 0.241 e. The number of halogens is 1. The van der Waals surface area contributed by atoms with Crippen molar-refractivity contribution in [3.63, 3.8) is 0 Å². The van der Waals surface area contributed by atoms with Crippen molar-refractivity contribution in [2.75, 3.05) is 11.9 Å². The minimum absolute atomic E-state index is 0.0186. The largest absolute Gasteiger partial charge is 0.325 e. The lowest BCUT2D eigenvalue weighted by molar-refractivity contribution is -0.115. The lowest BCUT2D eigenvalue weighted by atomic mass is 10.1. The molecule has 0 fully saturated rings. The second-order valence-corrected chi connectivity index (χ2v) is 7.08. The van der Waals surface area contributed by atoms with E-state index in [1.54, 1.807) is 18.2 Å². The Balaban J connectivity index is 1.95. The van der Waals surface area contributed by atoms with Crippen molar-refractivity contribution in [3.8, 4) is 0 Å². The van der Waals surface area contributed by atoms with Gasteiger partial charge in [-0.15, -0.1) is 0 Å². The summed E-state index contributed by atoms with van der Waals surface area (Å²) in [4.78, 5) is 11.9. The van der Waals surface area contributed by atoms with Gasteiger partial charge in [-0.1, -0.05) is 36.7 Å². The first-order valence-corrected chi connectivity index (χ1v) is 8.91. The fraction of sp³-hybridized carbons (Fsp3) is 0.188. The van der Waals surface area contributed by atoms with E-state index in [1.165, 1.54) is 18.2 Å². The van der Waals surface area contributed by atoms with E-state index in [9.17, 15) is 13.2 Å². The lowest BCUT2D eigenvalue weighted by Crippen LogP contribution is -2.32. The molecule has 0 aliphatic heterocycles. The van der Waals surface area contributed by atoms with Crippen molar-refractivity contribution in [2.24, 2.45) is 0 Å². The maximum atomic E-state index is 12.1. The zero-order chi connectivity index (χ0) is 16.9. The molecular weight excluding hydrogens is 336 g/mol. The number of amides is 1. The van der Waals surface area contributed by atoms with Gasteiger partial charge in [0.1, 0.15) is 0 Å². The molecule has 0 aromatic heterocycles. The van der Waals surface area contributed by atoms with Crippen molar-refractivity contribution in [2.45, 2.75) is 18.2 Å². The Morgan fingerprint density at radius 3 is 2.43 bits per heavy atom. The smallest absolute Gasteiger partial charge is 0.241 e. The van der Waals surface area contributed by atoms with Gasteiger partial charge in [0, 0.05) is 10.7 Å². The lowest BCUT2D eigenvalue weighted by Gasteiger charge is -2.08. The van der Waals surface area contributed by atoms with Gasteiger partial charge in [0.25, 0.3) is 0 Å². The number of sulfonamides is 1. The Labute approximate surface area is 140 Å². The van der Waals surface area contributed by atoms with Gasteiger partial charge in [-0.05, 0) is 42.3 Å². The molecule has 2 aromatic carbocycles. The Hall–Kier alpha value is -1.89. The number of benzene rings is 2. The Bertz CT molecular complexity index is 789. The van der Waals surface area contributed by atoms with Crippen molar-refractivity contribution in [1.29, 1.82) is 0 Å². The fourth-order valence-electron chi connectivity index (χ4n) is 1.91. The first-order valence-electron chi connectivity index (χ1n) is 7.05. The monoisotopic (exact) mass is 352 g/mol. The summed E-state index contributed by atoms with van der Waals surface area (Å²) >= 11 is 5.77. The van der Waals surface area contributed by atoms with Crippen LogP contribution in [0.15, 0.2) is 53.4 Å². The van der Waals surface area contributed by atoms with E-state index in [0.29, 0.717) is 10.7 Å². The van der Waals surface area contributed by atoms with Crippen LogP contribution in [0, 0.1) is 0 Å². The summed E-state index contributed by atoms with van der Waals surface area (Å²) in [5, 5.41) is 2.95. The molecule has 23 heavy (non-hydrogen) atoms. The third-order valence-corrected chi connectivity index (χ3v) is 4.81. The molecule has 0 radical (unpaired) electrons. The first-order chi connectivity index (χ1) is 10.9. The Kier molecular flexibility index (Phi) is 5.76. The minimum atomic E-state index is -3.78. The van der Waals surface area contributed by atoms with Crippen LogP contribution >= 0.6 is 11.6 Å². The van der Waals surface area contributed by atoms with Gasteiger partial charge in [-0.2, -0.15) is 0 Å². The van der Waals surface area contributed by atoms with E-state index in [-0.39, 0.29) is 11.4 Å². The van der Waals surface area contributed by atoms with Crippen molar-refractivity contribution < 1.29 is 13.2 Å². The number of aryl methyl sites for hydroxylation is 1. The van der Waals surface area contributed by atoms with Gasteiger partial charge in [-0.25, -0.2) is 13.1 Å². The van der Waals surface area contributed by atoms with Crippen LogP contribution in [-0.2, 0) is 21.2 Å². The molecule has 122 valence electrons. The molecule has 0 bridgehead atoms. The van der Waals surface area contributed by atoms with E-state index in [4.69, 9.17) is 11.6 Å². The predicted octanol–water partition coefficient (Wildman–Crippen LogP) is 2.82. The highest BCUT2D eigenvalue weighted by molar-refractivity contribution is 7.89. The third-order valence-electron chi connectivity index (χ3n) is 3.18. The molecule has 2 aromatic rings. The molecule has 0 spiro atoms. The summed E-state index contributed by atoms with van der Waals surface area (Å²) < 4.78 is 26.4. The molecule has 0 unspecified atom stereocenters. The summed E-state index contributed by atoms with van der Waals surface area (Å²) in [6.45, 7) is 1.68. The molecule has 0 heterocycles. The fourth-order valence-corrected chi connectivity index (χ4v) is 3.19. The molecule has 0 saturated heterocycles. The van der Waals surface area contributed by atoms with E-state index < -0.39 is 15.9 Å². The summed E-state index contributed by atoms with van der Waals surface area (Å²) in [6.07, 6.45) is 0.910. The third kappa shape index (κ3) is 5.06. The van der Waals surface area contributed by atoms with Crippen molar-refractivity contribution >= 4 is 33.2 Å². The second-order valence-electron chi connectivity index (χ2n) is 4.88. The summed E-state index contributed by atoms with van der Waals surface area (Å²) in [6, 6.07) is 13.2. The van der Waals surface area contributed by atoms with Gasteiger partial charge in [0.05, 0.1) is 11.4 Å². The number of hydrogen-bond donors (Lipinski definition) is 2. The summed E-state index contributed by atoms with van der Waals surface area (Å²) in [5.74, 6) is -0.445. The molecule has 0 aliphatic carbocycles. The van der Waals surface area contributed by atoms with E-state index >= 15 is 0 Å². The van der Waals surface area contributed by atoms with Crippen LogP contribution in [0.25, 0.3) is 0 Å². The summed E-state index contributed by atoms with van der Waals surface area (Å²) in [7, 11) is -3.78. The van der Waals surface area contributed by atoms with Crippen molar-refractivity contribution in [3.05, 3.63) is 59.1 Å². The van der Waals surface area contributed by atoms with Crippen LogP contribution < -0.4 is 10.0 Å². The average molecular weight is 353 g/mol. The van der Waals surface area contributed by atoms with Crippen LogP contribution in [0.2, 0.25) is 5.02 Å². The van der Waals surface area contributed by atoms with Crippen LogP contribution in [0.3, 0.4) is 0 Å². The van der Waals surface area contributed by atoms with Crippen LogP contribution in [0.5, 0.6) is 0 Å². The molecular formula is C16H17ClN2O3S. The van der Waals surface area contributed by atoms with Crippen molar-refractivity contribution in [1.82, 2.24) is 4.72 Å². The number of anilines is 1. The average Bonchev–Trinajstić information content (AvgIpc) is 2.54. The number of carbonyl (C=O) groups excluding carboxylic acids is 1. The molecule has 7 heteroatoms. The number of nitrogens with one attached hydrogen (secondary N) is 2. The number of rotatable bonds is 6. The molecule has 5 nitrogen and oxygen atoms in total. The van der Waals surface area contributed by atoms with Gasteiger partial charge in [-0.3, -0.25) is 4.79 Å². The zero-order valence-corrected chi connectivity index (χ0v) is 14.1. The Morgan fingerprint density at radius 2 is 1.83 bits per heavy atom. The molecule has 1 amide bonds. The SMILES string of the molecule is CCc1ccc(NC(=O)CNS(=O)(=O)c2cccc(Cl)c2)cc1. The number of hydrogen-bond acceptors (Lipinski definition) is 3. The van der Waals surface area contributed by atoms with Gasteiger partial charge < -0.3 is 5.32 Å². The zero-order valence-electron chi connectivity index (χ0n) is 12.5. The Morgan fingerprint density at radius 1 is 1.13 bits per heavy atom. The number of carbonyl (C=O) groups is 1. The van der Waals surface area contributed by atoms with Gasteiger partial charge in [0.2, 0.25) is 15.9 Å². The first kappa shape index (κ1) is 17.5. The normalized spacial score (nSPS) is 11.2. The predicted molar refractivity (Wildman–Crippen MR) is 91.1 cm³/mol. The van der Waals surface area contributed by atoms with Crippen LogP contribution in [0.4, 0.5) is 5.69 Å². The standard InChI is InChI=1S/C16H17ClN2O3S/c1-2-12-6-8-14(9-7-12)19-16(20)11-18-23(21,22)15-5-3-4-13(17)10-15/h3-10,18H,2,11H2,1H3,(H,19,20). The molecule has 0 saturated carbocycles. The molecule has 0 atom stereocenters. The molecule has 2 rings (SSSR count). The minimum Gasteiger partial charge on any atom is -0.325 e. The highest BCUT2D eigenvalue weighted by Gasteiger charge is 2.15. The highest BCUT2D eigenvalue weighted by Crippen LogP contribution is 2.15. The summed E-state index contributed by atoms with van der Waals surface area (Å²) in [5.41, 5.74) is 1.78. The topological polar surface area (TPSA) is 75.3 Å². The van der Waals surface area contributed by atoms with E-state index in [0.717, 1.165) is 12.0 Å². The van der Waals surface area contributed by atoms with E-state index in [2.05, 4.69) is 10.0 Å². The highest BCUT2D eigenvalue weighted by atomic mass is 35.5. The quantitative estimate of drug-likeness (QED) is 0.839. The van der Waals surface area contributed by atoms with Gasteiger partial charge in [0.15, 0.2) is 0 Å². The maximum absolute atomic E-state index is 12.1.